The Hall–Kier alpha value is -3.26. The van der Waals surface area contributed by atoms with Gasteiger partial charge in [0.05, 0.1) is 22.7 Å². The van der Waals surface area contributed by atoms with Gasteiger partial charge in [0.2, 0.25) is 11.5 Å². The zero-order valence-electron chi connectivity index (χ0n) is 13.8. The van der Waals surface area contributed by atoms with E-state index in [1.165, 1.54) is 24.3 Å². The van der Waals surface area contributed by atoms with Crippen molar-refractivity contribution in [1.82, 2.24) is 0 Å². The lowest BCUT2D eigenvalue weighted by molar-refractivity contribution is -0.384. The van der Waals surface area contributed by atoms with Crippen molar-refractivity contribution in [2.24, 2.45) is 5.16 Å². The average molecular weight is 386 g/mol. The predicted octanol–water partition coefficient (Wildman–Crippen LogP) is 3.07. The third kappa shape index (κ3) is 2.83. The zero-order chi connectivity index (χ0) is 19.2. The standard InChI is InChI=1S/C18H12ClN3O5/c19-12-3-7-13(8-4-12)21-16(23)10-18(17(21)24)9-15(20-27-18)11-1-5-14(6-2-11)22(25)26/h1-8H,9-10H2/t18-/m1/s1. The fourth-order valence-corrected chi connectivity index (χ4v) is 3.31. The zero-order valence-corrected chi connectivity index (χ0v) is 14.5. The topological polar surface area (TPSA) is 102 Å². The van der Waals surface area contributed by atoms with E-state index in [0.717, 1.165) is 4.90 Å². The molecule has 0 N–H and O–H groups in total. The van der Waals surface area contributed by atoms with Crippen LogP contribution in [0.1, 0.15) is 18.4 Å². The van der Waals surface area contributed by atoms with E-state index in [4.69, 9.17) is 16.4 Å². The van der Waals surface area contributed by atoms with Crippen LogP contribution >= 0.6 is 11.6 Å². The Bertz CT molecular complexity index is 987. The summed E-state index contributed by atoms with van der Waals surface area (Å²) in [5.41, 5.74) is 0.0488. The van der Waals surface area contributed by atoms with Crippen LogP contribution in [-0.4, -0.2) is 28.1 Å². The van der Waals surface area contributed by atoms with Crippen molar-refractivity contribution in [2.45, 2.75) is 18.4 Å². The molecule has 9 heteroatoms. The molecule has 2 aromatic carbocycles. The first-order valence-corrected chi connectivity index (χ1v) is 8.40. The van der Waals surface area contributed by atoms with E-state index in [2.05, 4.69) is 5.16 Å². The number of nitro benzene ring substituents is 1. The van der Waals surface area contributed by atoms with E-state index in [1.807, 2.05) is 0 Å². The number of carbonyl (C=O) groups excluding carboxylic acids is 2. The smallest absolute Gasteiger partial charge is 0.281 e. The summed E-state index contributed by atoms with van der Waals surface area (Å²) in [6.07, 6.45) is -0.0199. The molecule has 0 bridgehead atoms. The third-order valence-corrected chi connectivity index (χ3v) is 4.81. The molecule has 2 aliphatic rings. The van der Waals surface area contributed by atoms with Crippen LogP contribution in [0.25, 0.3) is 0 Å². The summed E-state index contributed by atoms with van der Waals surface area (Å²) in [6.45, 7) is 0. The highest BCUT2D eigenvalue weighted by Gasteiger charge is 2.58. The SMILES string of the molecule is O=C1C[C@]2(CC(c3ccc([N+](=O)[O-])cc3)=NO2)C(=O)N1c1ccc(Cl)cc1. The maximum atomic E-state index is 12.9. The van der Waals surface area contributed by atoms with Gasteiger partial charge in [-0.05, 0) is 42.0 Å². The van der Waals surface area contributed by atoms with E-state index in [-0.39, 0.29) is 24.4 Å². The normalized spacial score (nSPS) is 21.5. The Morgan fingerprint density at radius 2 is 1.74 bits per heavy atom. The van der Waals surface area contributed by atoms with Crippen LogP contribution in [0.15, 0.2) is 53.7 Å². The van der Waals surface area contributed by atoms with Crippen LogP contribution in [0.3, 0.4) is 0 Å². The lowest BCUT2D eigenvalue weighted by Gasteiger charge is -2.19. The summed E-state index contributed by atoms with van der Waals surface area (Å²) in [6, 6.07) is 12.1. The number of hydrogen-bond donors (Lipinski definition) is 0. The van der Waals surface area contributed by atoms with Gasteiger partial charge in [-0.3, -0.25) is 19.7 Å². The molecule has 4 rings (SSSR count). The maximum absolute atomic E-state index is 12.9. The molecule has 1 spiro atoms. The second kappa shape index (κ2) is 6.17. The van der Waals surface area contributed by atoms with Crippen LogP contribution < -0.4 is 4.90 Å². The number of hydrogen-bond acceptors (Lipinski definition) is 6. The molecule has 0 aromatic heterocycles. The molecular weight excluding hydrogens is 374 g/mol. The van der Waals surface area contributed by atoms with E-state index < -0.39 is 16.4 Å². The summed E-state index contributed by atoms with van der Waals surface area (Å²) in [5, 5.41) is 15.2. The van der Waals surface area contributed by atoms with Gasteiger partial charge in [-0.15, -0.1) is 0 Å². The van der Waals surface area contributed by atoms with E-state index >= 15 is 0 Å². The largest absolute Gasteiger partial charge is 0.378 e. The van der Waals surface area contributed by atoms with Gasteiger partial charge in [-0.25, -0.2) is 4.90 Å². The quantitative estimate of drug-likeness (QED) is 0.459. The molecule has 0 aliphatic carbocycles. The number of halogens is 1. The van der Waals surface area contributed by atoms with E-state index in [9.17, 15) is 19.7 Å². The number of nitrogens with zero attached hydrogens (tertiary/aromatic N) is 3. The second-order valence-electron chi connectivity index (χ2n) is 6.29. The average Bonchev–Trinajstić information content (AvgIpc) is 3.18. The van der Waals surface area contributed by atoms with Gasteiger partial charge in [0.15, 0.2) is 0 Å². The van der Waals surface area contributed by atoms with Crippen LogP contribution in [-0.2, 0) is 14.4 Å². The lowest BCUT2D eigenvalue weighted by atomic mass is 9.92. The molecule has 27 heavy (non-hydrogen) atoms. The molecule has 1 atom stereocenters. The van der Waals surface area contributed by atoms with Crippen molar-refractivity contribution in [2.75, 3.05) is 4.90 Å². The number of imide groups is 1. The van der Waals surface area contributed by atoms with Crippen LogP contribution in [0, 0.1) is 10.1 Å². The Balaban J connectivity index is 1.57. The van der Waals surface area contributed by atoms with Gasteiger partial charge in [0.1, 0.15) is 0 Å². The first-order chi connectivity index (χ1) is 12.9. The number of anilines is 1. The fourth-order valence-electron chi connectivity index (χ4n) is 3.18. The summed E-state index contributed by atoms with van der Waals surface area (Å²) in [7, 11) is 0. The van der Waals surface area contributed by atoms with Crippen molar-refractivity contribution in [1.29, 1.82) is 0 Å². The molecule has 0 saturated carbocycles. The van der Waals surface area contributed by atoms with Gasteiger partial charge >= 0.3 is 0 Å². The Morgan fingerprint density at radius 3 is 2.37 bits per heavy atom. The Labute approximate surface area is 158 Å². The number of oxime groups is 1. The number of rotatable bonds is 3. The number of carbonyl (C=O) groups is 2. The Morgan fingerprint density at radius 1 is 1.07 bits per heavy atom. The highest BCUT2D eigenvalue weighted by atomic mass is 35.5. The van der Waals surface area contributed by atoms with Crippen LogP contribution in [0.5, 0.6) is 0 Å². The van der Waals surface area contributed by atoms with E-state index in [0.29, 0.717) is 22.0 Å². The predicted molar refractivity (Wildman–Crippen MR) is 96.6 cm³/mol. The summed E-state index contributed by atoms with van der Waals surface area (Å²) >= 11 is 5.86. The molecular formula is C18H12ClN3O5. The van der Waals surface area contributed by atoms with Gasteiger partial charge in [0, 0.05) is 23.6 Å². The van der Waals surface area contributed by atoms with Crippen LogP contribution in [0.4, 0.5) is 11.4 Å². The van der Waals surface area contributed by atoms with Gasteiger partial charge in [0.25, 0.3) is 11.6 Å². The summed E-state index contributed by atoms with van der Waals surface area (Å²) < 4.78 is 0. The molecule has 136 valence electrons. The highest BCUT2D eigenvalue weighted by Crippen LogP contribution is 2.39. The lowest BCUT2D eigenvalue weighted by Crippen LogP contribution is -2.40. The molecule has 2 aromatic rings. The molecule has 8 nitrogen and oxygen atoms in total. The highest BCUT2D eigenvalue weighted by molar-refractivity contribution is 6.31. The molecule has 2 heterocycles. The molecule has 1 saturated heterocycles. The monoisotopic (exact) mass is 385 g/mol. The van der Waals surface area contributed by atoms with Gasteiger partial charge in [-0.1, -0.05) is 16.8 Å². The third-order valence-electron chi connectivity index (χ3n) is 4.56. The first-order valence-electron chi connectivity index (χ1n) is 8.02. The minimum Gasteiger partial charge on any atom is -0.378 e. The van der Waals surface area contributed by atoms with E-state index in [1.54, 1.807) is 24.3 Å². The maximum Gasteiger partial charge on any atom is 0.281 e. The first kappa shape index (κ1) is 17.2. The van der Waals surface area contributed by atoms with Crippen molar-refractivity contribution < 1.29 is 19.3 Å². The molecule has 0 radical (unpaired) electrons. The second-order valence-corrected chi connectivity index (χ2v) is 6.73. The minimum atomic E-state index is -1.38. The van der Waals surface area contributed by atoms with Crippen molar-refractivity contribution in [3.63, 3.8) is 0 Å². The van der Waals surface area contributed by atoms with Crippen molar-refractivity contribution >= 4 is 40.5 Å². The molecule has 0 unspecified atom stereocenters. The number of amides is 2. The van der Waals surface area contributed by atoms with Crippen molar-refractivity contribution in [3.8, 4) is 0 Å². The Kier molecular flexibility index (Phi) is 3.92. The minimum absolute atomic E-state index is 0.0472. The van der Waals surface area contributed by atoms with Gasteiger partial charge < -0.3 is 4.84 Å². The van der Waals surface area contributed by atoms with Crippen LogP contribution in [0.2, 0.25) is 5.02 Å². The molecule has 2 amide bonds. The summed E-state index contributed by atoms with van der Waals surface area (Å²) in [4.78, 5) is 42.1. The fraction of sp³-hybridized carbons (Fsp3) is 0.167. The molecule has 1 fully saturated rings. The number of benzene rings is 2. The molecule has 2 aliphatic heterocycles. The van der Waals surface area contributed by atoms with Gasteiger partial charge in [-0.2, -0.15) is 0 Å². The summed E-state index contributed by atoms with van der Waals surface area (Å²) in [5.74, 6) is -0.877. The number of nitro groups is 1. The van der Waals surface area contributed by atoms with Crippen molar-refractivity contribution in [3.05, 3.63) is 69.2 Å². The number of non-ortho nitro benzene ring substituents is 1.